The Morgan fingerprint density at radius 3 is 1.84 bits per heavy atom. The van der Waals surface area contributed by atoms with Crippen molar-refractivity contribution in [3.8, 4) is 0 Å². The maximum absolute atomic E-state index is 12.8. The zero-order chi connectivity index (χ0) is 13.8. The van der Waals surface area contributed by atoms with Crippen LogP contribution >= 0.6 is 11.6 Å². The minimum Gasteiger partial charge on any atom is -0.292 e. The Balaban J connectivity index is 2.20. The predicted octanol–water partition coefficient (Wildman–Crippen LogP) is 3.50. The van der Waals surface area contributed by atoms with Gasteiger partial charge in [0.15, 0.2) is 16.9 Å². The van der Waals surface area contributed by atoms with Gasteiger partial charge in [-0.3, -0.25) is 9.59 Å². The number of ketones is 2. The summed E-state index contributed by atoms with van der Waals surface area (Å²) in [6, 6.07) is 13.3. The number of alkyl halides is 1. The van der Waals surface area contributed by atoms with Gasteiger partial charge in [0.2, 0.25) is 0 Å². The first kappa shape index (κ1) is 13.4. The molecular formula is C15H10ClFO2. The molecule has 1 atom stereocenters. The quantitative estimate of drug-likeness (QED) is 0.487. The zero-order valence-electron chi connectivity index (χ0n) is 9.85. The summed E-state index contributed by atoms with van der Waals surface area (Å²) >= 11 is 5.90. The summed E-state index contributed by atoms with van der Waals surface area (Å²) in [4.78, 5) is 24.0. The lowest BCUT2D eigenvalue weighted by molar-refractivity contribution is 0.0900. The Morgan fingerprint density at radius 1 is 0.842 bits per heavy atom. The molecule has 0 bridgehead atoms. The highest BCUT2D eigenvalue weighted by Crippen LogP contribution is 2.14. The lowest BCUT2D eigenvalue weighted by Gasteiger charge is -2.07. The van der Waals surface area contributed by atoms with Crippen molar-refractivity contribution in [1.29, 1.82) is 0 Å². The number of halogens is 2. The average molecular weight is 277 g/mol. The summed E-state index contributed by atoms with van der Waals surface area (Å²) in [6.07, 6.45) is 0. The molecule has 1 unspecified atom stereocenters. The molecule has 19 heavy (non-hydrogen) atoms. The van der Waals surface area contributed by atoms with Crippen LogP contribution < -0.4 is 0 Å². The van der Waals surface area contributed by atoms with Crippen molar-refractivity contribution in [2.75, 3.05) is 0 Å². The van der Waals surface area contributed by atoms with E-state index < -0.39 is 22.8 Å². The Labute approximate surface area is 114 Å². The highest BCUT2D eigenvalue weighted by atomic mass is 35.5. The van der Waals surface area contributed by atoms with E-state index in [0.717, 1.165) is 12.1 Å². The molecule has 0 aliphatic carbocycles. The third-order valence-electron chi connectivity index (χ3n) is 2.65. The fourth-order valence-electron chi connectivity index (χ4n) is 1.63. The van der Waals surface area contributed by atoms with E-state index in [2.05, 4.69) is 0 Å². The van der Waals surface area contributed by atoms with Crippen molar-refractivity contribution in [1.82, 2.24) is 0 Å². The van der Waals surface area contributed by atoms with Gasteiger partial charge in [0, 0.05) is 11.1 Å². The second-order valence-corrected chi connectivity index (χ2v) is 4.40. The molecule has 0 spiro atoms. The number of Topliss-reactive ketones (excluding diaryl/α,β-unsaturated/α-hetero) is 2. The first-order valence-corrected chi connectivity index (χ1v) is 6.06. The van der Waals surface area contributed by atoms with Crippen LogP contribution in [0.4, 0.5) is 4.39 Å². The van der Waals surface area contributed by atoms with Crippen molar-refractivity contribution >= 4 is 23.2 Å². The molecule has 2 aromatic carbocycles. The maximum Gasteiger partial charge on any atom is 0.188 e. The molecule has 0 aliphatic rings. The number of hydrogen-bond acceptors (Lipinski definition) is 2. The number of hydrogen-bond donors (Lipinski definition) is 0. The number of benzene rings is 2. The lowest BCUT2D eigenvalue weighted by Crippen LogP contribution is -2.24. The zero-order valence-corrected chi connectivity index (χ0v) is 10.6. The molecule has 4 heteroatoms. The van der Waals surface area contributed by atoms with E-state index in [1.165, 1.54) is 12.1 Å². The molecule has 0 aliphatic heterocycles. The van der Waals surface area contributed by atoms with Crippen molar-refractivity contribution < 1.29 is 14.0 Å². The van der Waals surface area contributed by atoms with E-state index in [1.54, 1.807) is 30.3 Å². The van der Waals surface area contributed by atoms with Crippen LogP contribution in [0, 0.1) is 5.82 Å². The van der Waals surface area contributed by atoms with Crippen LogP contribution in [0.5, 0.6) is 0 Å². The summed E-state index contributed by atoms with van der Waals surface area (Å²) in [6.45, 7) is 0. The SMILES string of the molecule is O=C(c1ccccc1)C(Cl)C(=O)c1ccc(F)cc1. The fraction of sp³-hybridized carbons (Fsp3) is 0.0667. The van der Waals surface area contributed by atoms with E-state index in [9.17, 15) is 14.0 Å². The van der Waals surface area contributed by atoms with Crippen molar-refractivity contribution in [2.45, 2.75) is 5.38 Å². The number of carbonyl (C=O) groups is 2. The van der Waals surface area contributed by atoms with Gasteiger partial charge in [0.25, 0.3) is 0 Å². The van der Waals surface area contributed by atoms with Gasteiger partial charge in [-0.15, -0.1) is 11.6 Å². The van der Waals surface area contributed by atoms with Crippen LogP contribution in [-0.2, 0) is 0 Å². The first-order valence-electron chi connectivity index (χ1n) is 5.62. The van der Waals surface area contributed by atoms with Crippen molar-refractivity contribution in [3.63, 3.8) is 0 Å². The van der Waals surface area contributed by atoms with Crippen LogP contribution in [0.3, 0.4) is 0 Å². The molecule has 0 saturated carbocycles. The van der Waals surface area contributed by atoms with E-state index in [4.69, 9.17) is 11.6 Å². The van der Waals surface area contributed by atoms with E-state index in [1.807, 2.05) is 0 Å². The second-order valence-electron chi connectivity index (χ2n) is 3.96. The molecule has 0 radical (unpaired) electrons. The van der Waals surface area contributed by atoms with Gasteiger partial charge >= 0.3 is 0 Å². The Hall–Kier alpha value is -2.00. The van der Waals surface area contributed by atoms with Crippen LogP contribution in [-0.4, -0.2) is 16.9 Å². The predicted molar refractivity (Wildman–Crippen MR) is 71.1 cm³/mol. The average Bonchev–Trinajstić information content (AvgIpc) is 2.46. The Morgan fingerprint density at radius 2 is 1.32 bits per heavy atom. The molecule has 2 nitrogen and oxygen atoms in total. The van der Waals surface area contributed by atoms with Gasteiger partial charge in [-0.05, 0) is 24.3 Å². The van der Waals surface area contributed by atoms with Gasteiger partial charge in [-0.2, -0.15) is 0 Å². The monoisotopic (exact) mass is 276 g/mol. The molecule has 0 amide bonds. The summed E-state index contributed by atoms with van der Waals surface area (Å²) in [7, 11) is 0. The minimum atomic E-state index is -1.30. The van der Waals surface area contributed by atoms with E-state index in [-0.39, 0.29) is 5.56 Å². The number of carbonyl (C=O) groups excluding carboxylic acids is 2. The summed E-state index contributed by atoms with van der Waals surface area (Å²) in [5.74, 6) is -1.44. The first-order chi connectivity index (χ1) is 9.09. The van der Waals surface area contributed by atoms with E-state index >= 15 is 0 Å². The summed E-state index contributed by atoms with van der Waals surface area (Å²) < 4.78 is 12.8. The van der Waals surface area contributed by atoms with Crippen LogP contribution in [0.25, 0.3) is 0 Å². The molecule has 2 rings (SSSR count). The van der Waals surface area contributed by atoms with Gasteiger partial charge in [-0.25, -0.2) is 4.39 Å². The van der Waals surface area contributed by atoms with Crippen LogP contribution in [0.15, 0.2) is 54.6 Å². The molecular weight excluding hydrogens is 267 g/mol. The largest absolute Gasteiger partial charge is 0.292 e. The second kappa shape index (κ2) is 5.76. The molecule has 0 N–H and O–H groups in total. The van der Waals surface area contributed by atoms with E-state index in [0.29, 0.717) is 5.56 Å². The van der Waals surface area contributed by atoms with Gasteiger partial charge in [0.1, 0.15) is 5.82 Å². The highest BCUT2D eigenvalue weighted by molar-refractivity contribution is 6.46. The highest BCUT2D eigenvalue weighted by Gasteiger charge is 2.25. The molecule has 96 valence electrons. The molecule has 0 aromatic heterocycles. The van der Waals surface area contributed by atoms with Crippen LogP contribution in [0.1, 0.15) is 20.7 Å². The third kappa shape index (κ3) is 3.06. The van der Waals surface area contributed by atoms with Crippen molar-refractivity contribution in [2.24, 2.45) is 0 Å². The van der Waals surface area contributed by atoms with Crippen LogP contribution in [0.2, 0.25) is 0 Å². The number of rotatable bonds is 4. The Bertz CT molecular complexity index is 593. The lowest BCUT2D eigenvalue weighted by atomic mass is 10.0. The molecule has 0 fully saturated rings. The minimum absolute atomic E-state index is 0.214. The Kier molecular flexibility index (Phi) is 4.07. The standard InChI is InChI=1S/C15H10ClFO2/c16-13(14(18)10-4-2-1-3-5-10)15(19)11-6-8-12(17)9-7-11/h1-9,13H. The normalized spacial score (nSPS) is 11.9. The fourth-order valence-corrected chi connectivity index (χ4v) is 1.88. The molecule has 0 saturated heterocycles. The van der Waals surface area contributed by atoms with Crippen molar-refractivity contribution in [3.05, 3.63) is 71.5 Å². The van der Waals surface area contributed by atoms with Gasteiger partial charge < -0.3 is 0 Å². The van der Waals surface area contributed by atoms with Gasteiger partial charge in [-0.1, -0.05) is 30.3 Å². The molecule has 0 heterocycles. The summed E-state index contributed by atoms with van der Waals surface area (Å²) in [5, 5.41) is -1.30. The van der Waals surface area contributed by atoms with Gasteiger partial charge in [0.05, 0.1) is 0 Å². The molecule has 2 aromatic rings. The smallest absolute Gasteiger partial charge is 0.188 e. The third-order valence-corrected chi connectivity index (χ3v) is 3.04. The maximum atomic E-state index is 12.8. The summed E-state index contributed by atoms with van der Waals surface area (Å²) in [5.41, 5.74) is 0.587. The topological polar surface area (TPSA) is 34.1 Å².